The molecule has 262 valence electrons. The van der Waals surface area contributed by atoms with E-state index in [2.05, 4.69) is 192 Å². The van der Waals surface area contributed by atoms with Crippen molar-refractivity contribution in [3.8, 4) is 0 Å². The first-order chi connectivity index (χ1) is 18.5. The Hall–Kier alpha value is 2.04. The zero-order chi connectivity index (χ0) is 36.4. The molecule has 0 aromatic carbocycles. The summed E-state index contributed by atoms with van der Waals surface area (Å²) in [5.74, 6) is 0. The molecule has 8 heteroatoms. The van der Waals surface area contributed by atoms with E-state index in [1.807, 2.05) is 0 Å². The van der Waals surface area contributed by atoms with Gasteiger partial charge >= 0.3 is 295 Å². The summed E-state index contributed by atoms with van der Waals surface area (Å²) in [5, 5.41) is 1.59. The predicted molar refractivity (Wildman–Crippen MR) is 227 cm³/mol. The van der Waals surface area contributed by atoms with E-state index >= 15 is 0 Å². The molecule has 0 fully saturated rings. The van der Waals surface area contributed by atoms with Gasteiger partial charge in [-0.25, -0.2) is 0 Å². The quantitative estimate of drug-likeness (QED) is 0.249. The van der Waals surface area contributed by atoms with Gasteiger partial charge in [0.2, 0.25) is 0 Å². The topological polar surface area (TPSA) is 0 Å². The molecule has 0 radical (unpaired) electrons. The molecule has 0 atom stereocenters. The molecule has 0 unspecified atom stereocenters. The monoisotopic (exact) mass is 792 g/mol. The van der Waals surface area contributed by atoms with Gasteiger partial charge in [0.1, 0.15) is 0 Å². The van der Waals surface area contributed by atoms with Crippen LogP contribution in [-0.2, 0) is 0 Å². The SMILES string of the molecule is CC(C)(C)[Si](C)([Si]1=[Si]([Si](C)(C(C)(C)C)C(C)(C)C)[Si]([Si](C)(C(C)(C)C)C(C)(C)C)([Si](C)(C(C)(C)C)C(C)(C)C)[Se]1)C(C)(C)C. The fourth-order valence-electron chi connectivity index (χ4n) is 10.5. The summed E-state index contributed by atoms with van der Waals surface area (Å²) in [7, 11) is -7.31. The van der Waals surface area contributed by atoms with Crippen LogP contribution in [0.5, 0.6) is 0 Å². The maximum atomic E-state index is 3.10. The average molecular weight is 793 g/mol. The van der Waals surface area contributed by atoms with Crippen molar-refractivity contribution in [2.75, 3.05) is 0 Å². The van der Waals surface area contributed by atoms with Crippen LogP contribution in [0, 0.1) is 0 Å². The van der Waals surface area contributed by atoms with Crippen molar-refractivity contribution >= 4 is 62.2 Å². The van der Waals surface area contributed by atoms with Gasteiger partial charge in [-0.2, -0.15) is 0 Å². The Kier molecular flexibility index (Phi) is 11.5. The van der Waals surface area contributed by atoms with Crippen molar-refractivity contribution in [2.24, 2.45) is 0 Å². The van der Waals surface area contributed by atoms with Gasteiger partial charge in [0.25, 0.3) is 0 Å². The van der Waals surface area contributed by atoms with E-state index < -0.39 is 48.5 Å². The summed E-state index contributed by atoms with van der Waals surface area (Å²) in [6.07, 6.45) is 0. The van der Waals surface area contributed by atoms with Crippen LogP contribution < -0.4 is 0 Å². The second-order valence-corrected chi connectivity index (χ2v) is 108. The molecule has 0 N–H and O–H groups in total. The van der Waals surface area contributed by atoms with Crippen molar-refractivity contribution in [1.82, 2.24) is 0 Å². The molecule has 1 heterocycles. The Morgan fingerprint density at radius 1 is 0.341 bits per heavy atom. The zero-order valence-electron chi connectivity index (χ0n) is 35.9. The normalized spacial score (nSPS) is 19.4. The molecule has 1 rings (SSSR count). The van der Waals surface area contributed by atoms with Gasteiger partial charge < -0.3 is 0 Å². The fourth-order valence-corrected chi connectivity index (χ4v) is 433. The first kappa shape index (κ1) is 44.1. The Morgan fingerprint density at radius 2 is 0.545 bits per heavy atom. The van der Waals surface area contributed by atoms with Crippen LogP contribution in [0.4, 0.5) is 0 Å². The molecular weight excluding hydrogens is 708 g/mol. The molecule has 0 spiro atoms. The molecule has 0 aromatic rings. The molecule has 1 aliphatic rings. The third-order valence-electron chi connectivity index (χ3n) is 15.2. The van der Waals surface area contributed by atoms with Crippen LogP contribution in [0.3, 0.4) is 0 Å². The van der Waals surface area contributed by atoms with Crippen molar-refractivity contribution in [2.45, 2.75) is 233 Å². The molecule has 0 saturated heterocycles. The van der Waals surface area contributed by atoms with Gasteiger partial charge in [-0.3, -0.25) is 0 Å². The standard InChI is InChI=1S/C36H84SeSi7/c1-29(2,3)40(25,30(4,5)6)38-37-44(42(27,33(13,14)15)34(16,17)18,43(28,35(19,20)21)36(22,23)24)39(38)41(26,31(7,8)9)32(10,11)12/h1-28H3. The molecule has 0 bridgehead atoms. The van der Waals surface area contributed by atoms with E-state index in [0.29, 0.717) is 40.3 Å². The number of rotatable bonds is 4. The number of hydrogen-bond acceptors (Lipinski definition) is 0. The Labute approximate surface area is 292 Å². The summed E-state index contributed by atoms with van der Waals surface area (Å²) < 4.78 is 0. The first-order valence-electron chi connectivity index (χ1n) is 17.9. The molecule has 1 aliphatic heterocycles. The summed E-state index contributed by atoms with van der Waals surface area (Å²) in [6.45, 7) is 77.9. The molecule has 0 saturated carbocycles. The molecule has 0 aliphatic carbocycles. The summed E-state index contributed by atoms with van der Waals surface area (Å²) in [5.41, 5.74) is 0. The second kappa shape index (κ2) is 11.5. The predicted octanol–water partition coefficient (Wildman–Crippen LogP) is 13.3. The van der Waals surface area contributed by atoms with Crippen LogP contribution >= 0.6 is 0 Å². The van der Waals surface area contributed by atoms with E-state index in [1.54, 1.807) is 0 Å². The van der Waals surface area contributed by atoms with Gasteiger partial charge in [0.15, 0.2) is 0 Å². The summed E-state index contributed by atoms with van der Waals surface area (Å²) in [4.78, 5) is 0. The number of hydrogen-bond donors (Lipinski definition) is 0. The van der Waals surface area contributed by atoms with Crippen molar-refractivity contribution < 1.29 is 0 Å². The first-order valence-corrected chi connectivity index (χ1v) is 43.9. The minimum absolute atomic E-state index is 0.416. The van der Waals surface area contributed by atoms with Crippen LogP contribution in [0.2, 0.25) is 66.5 Å². The summed E-state index contributed by atoms with van der Waals surface area (Å²) in [6, 6.07) is -0.472. The van der Waals surface area contributed by atoms with E-state index in [0.717, 1.165) is 13.7 Å². The third kappa shape index (κ3) is 5.76. The average Bonchev–Trinajstić information content (AvgIpc) is 2.65. The van der Waals surface area contributed by atoms with Crippen molar-refractivity contribution in [1.29, 1.82) is 0 Å². The molecular formula is C36H84SeSi7. The van der Waals surface area contributed by atoms with Crippen LogP contribution in [0.1, 0.15) is 166 Å². The zero-order valence-corrected chi connectivity index (χ0v) is 44.6. The van der Waals surface area contributed by atoms with Gasteiger partial charge in [0.05, 0.1) is 0 Å². The fraction of sp³-hybridized carbons (Fsp3) is 1.00. The third-order valence-corrected chi connectivity index (χ3v) is 225. The molecule has 0 aromatic heterocycles. The van der Waals surface area contributed by atoms with E-state index in [-0.39, 0.29) is 0 Å². The van der Waals surface area contributed by atoms with Crippen molar-refractivity contribution in [3.63, 3.8) is 0 Å². The van der Waals surface area contributed by atoms with Gasteiger partial charge in [0, 0.05) is 0 Å². The van der Waals surface area contributed by atoms with Gasteiger partial charge in [-0.15, -0.1) is 0 Å². The molecule has 0 amide bonds. The second-order valence-electron chi connectivity index (χ2n) is 24.0. The summed E-state index contributed by atoms with van der Waals surface area (Å²) >= 11 is 0.890. The molecule has 0 nitrogen and oxygen atoms in total. The molecule has 44 heavy (non-hydrogen) atoms. The van der Waals surface area contributed by atoms with E-state index in [9.17, 15) is 0 Å². The van der Waals surface area contributed by atoms with Crippen LogP contribution in [0.15, 0.2) is 0 Å². The van der Waals surface area contributed by atoms with Gasteiger partial charge in [-0.1, -0.05) is 0 Å². The van der Waals surface area contributed by atoms with Crippen molar-refractivity contribution in [3.05, 3.63) is 0 Å². The van der Waals surface area contributed by atoms with Crippen LogP contribution in [-0.4, -0.2) is 62.2 Å². The van der Waals surface area contributed by atoms with E-state index in [1.165, 1.54) is 0 Å². The van der Waals surface area contributed by atoms with Crippen LogP contribution in [0.25, 0.3) is 0 Å². The van der Waals surface area contributed by atoms with E-state index in [4.69, 9.17) is 0 Å². The Bertz CT molecular complexity index is 1010. The van der Waals surface area contributed by atoms with Gasteiger partial charge in [-0.05, 0) is 0 Å². The Morgan fingerprint density at radius 3 is 0.705 bits per heavy atom. The minimum atomic E-state index is -1.89. The Balaban J connectivity index is 5.31. The maximum absolute atomic E-state index is 3.10.